The molecule has 0 aromatic heterocycles. The van der Waals surface area contributed by atoms with Crippen molar-refractivity contribution in [1.29, 1.82) is 0 Å². The van der Waals surface area contributed by atoms with Crippen LogP contribution < -0.4 is 0 Å². The van der Waals surface area contributed by atoms with Gasteiger partial charge in [0.1, 0.15) is 12.2 Å². The van der Waals surface area contributed by atoms with Crippen molar-refractivity contribution in [3.05, 3.63) is 77.4 Å². The van der Waals surface area contributed by atoms with Crippen molar-refractivity contribution >= 4 is 23.8 Å². The molecule has 0 bridgehead atoms. The Balaban J connectivity index is 1.55. The third-order valence-electron chi connectivity index (χ3n) is 6.38. The molecule has 3 aromatic rings. The monoisotopic (exact) mass is 614 g/mol. The fourth-order valence-electron chi connectivity index (χ4n) is 4.06. The molecule has 5 unspecified atom stereocenters. The fourth-order valence-corrected chi connectivity index (χ4v) is 4.06. The fraction of sp³-hybridized carbons (Fsp3) is 0.207. The highest BCUT2D eigenvalue weighted by molar-refractivity contribution is 5.94. The summed E-state index contributed by atoms with van der Waals surface area (Å²) < 4.78 is 10.8. The predicted octanol–water partition coefficient (Wildman–Crippen LogP) is 1.35. The van der Waals surface area contributed by atoms with E-state index in [1.807, 2.05) is 0 Å². The van der Waals surface area contributed by atoms with Gasteiger partial charge in [-0.2, -0.15) is 4.89 Å². The summed E-state index contributed by atoms with van der Waals surface area (Å²) in [4.78, 5) is 47.5. The molecule has 232 valence electrons. The summed E-state index contributed by atoms with van der Waals surface area (Å²) in [5.74, 6) is -8.61. The standard InChI is InChI=1S/C29H26O15/c30-16(7-6-13-4-2-1-3-5-13)12-21-24(37)25(38)26(43-44-28(40)15-10-19(33)23(36)20(34)11-15)29(41-21)42-27(39)14-8-17(31)22(35)18(32)9-14/h1-11,21,24-26,29,31-38H,12H2. The minimum Gasteiger partial charge on any atom is -0.504 e. The second-order valence-corrected chi connectivity index (χ2v) is 9.50. The first-order valence-corrected chi connectivity index (χ1v) is 12.7. The summed E-state index contributed by atoms with van der Waals surface area (Å²) in [6.07, 6.45) is -7.15. The zero-order valence-electron chi connectivity index (χ0n) is 22.4. The van der Waals surface area contributed by atoms with Crippen molar-refractivity contribution < 1.29 is 74.5 Å². The zero-order valence-corrected chi connectivity index (χ0v) is 22.4. The van der Waals surface area contributed by atoms with Gasteiger partial charge in [-0.05, 0) is 35.9 Å². The number of allylic oxidation sites excluding steroid dienone is 1. The molecular formula is C29H26O15. The van der Waals surface area contributed by atoms with Gasteiger partial charge in [-0.25, -0.2) is 9.59 Å². The number of hydrogen-bond acceptors (Lipinski definition) is 15. The molecular weight excluding hydrogens is 588 g/mol. The molecule has 44 heavy (non-hydrogen) atoms. The Labute approximate surface area is 247 Å². The molecule has 1 saturated heterocycles. The van der Waals surface area contributed by atoms with Crippen molar-refractivity contribution in [3.8, 4) is 34.5 Å². The van der Waals surface area contributed by atoms with Crippen LogP contribution in [0.1, 0.15) is 32.7 Å². The Morgan fingerprint density at radius 1 is 0.750 bits per heavy atom. The Bertz CT molecular complexity index is 1520. The second-order valence-electron chi connectivity index (χ2n) is 9.50. The van der Waals surface area contributed by atoms with Crippen LogP contribution >= 0.6 is 0 Å². The Hall–Kier alpha value is -5.35. The van der Waals surface area contributed by atoms with E-state index in [4.69, 9.17) is 14.4 Å². The summed E-state index contributed by atoms with van der Waals surface area (Å²) >= 11 is 0. The van der Waals surface area contributed by atoms with Crippen LogP contribution in [0.15, 0.2) is 60.7 Å². The number of aliphatic hydroxyl groups excluding tert-OH is 2. The van der Waals surface area contributed by atoms with Gasteiger partial charge in [0.2, 0.25) is 6.29 Å². The molecule has 0 radical (unpaired) electrons. The Kier molecular flexibility index (Phi) is 9.55. The lowest BCUT2D eigenvalue weighted by atomic mass is 9.95. The third-order valence-corrected chi connectivity index (χ3v) is 6.38. The molecule has 3 aromatic carbocycles. The first-order valence-electron chi connectivity index (χ1n) is 12.7. The maximum absolute atomic E-state index is 12.8. The molecule has 0 aliphatic carbocycles. The van der Waals surface area contributed by atoms with E-state index in [0.29, 0.717) is 5.56 Å². The molecule has 8 N–H and O–H groups in total. The number of benzene rings is 3. The van der Waals surface area contributed by atoms with Crippen LogP contribution in [0.5, 0.6) is 34.5 Å². The molecule has 1 aliphatic rings. The van der Waals surface area contributed by atoms with E-state index in [-0.39, 0.29) is 0 Å². The number of hydrogen-bond donors (Lipinski definition) is 8. The van der Waals surface area contributed by atoms with Gasteiger partial charge in [0.15, 0.2) is 46.4 Å². The van der Waals surface area contributed by atoms with E-state index in [0.717, 1.165) is 24.3 Å². The van der Waals surface area contributed by atoms with Crippen molar-refractivity contribution in [2.75, 3.05) is 0 Å². The molecule has 15 nitrogen and oxygen atoms in total. The number of carbonyl (C=O) groups excluding carboxylic acids is 3. The van der Waals surface area contributed by atoms with E-state index in [9.17, 15) is 55.2 Å². The number of phenolic OH excluding ortho intramolecular Hbond substituents is 6. The van der Waals surface area contributed by atoms with E-state index in [1.165, 1.54) is 12.2 Å². The van der Waals surface area contributed by atoms with Crippen molar-refractivity contribution in [3.63, 3.8) is 0 Å². The summed E-state index contributed by atoms with van der Waals surface area (Å²) in [5, 5.41) is 79.3. The summed E-state index contributed by atoms with van der Waals surface area (Å²) in [6, 6.07) is 11.7. The van der Waals surface area contributed by atoms with Gasteiger partial charge in [-0.1, -0.05) is 36.4 Å². The molecule has 1 aliphatic heterocycles. The van der Waals surface area contributed by atoms with Gasteiger partial charge in [0.05, 0.1) is 17.2 Å². The summed E-state index contributed by atoms with van der Waals surface area (Å²) in [5.41, 5.74) is -0.336. The van der Waals surface area contributed by atoms with E-state index in [1.54, 1.807) is 30.3 Å². The third kappa shape index (κ3) is 7.16. The smallest absolute Gasteiger partial charge is 0.373 e. The lowest BCUT2D eigenvalue weighted by Crippen LogP contribution is -2.59. The van der Waals surface area contributed by atoms with Crippen LogP contribution in [0, 0.1) is 0 Å². The topological polar surface area (TPSA) is 250 Å². The lowest BCUT2D eigenvalue weighted by Gasteiger charge is -2.40. The molecule has 4 rings (SSSR count). The number of phenols is 6. The number of ketones is 1. The van der Waals surface area contributed by atoms with Crippen molar-refractivity contribution in [2.24, 2.45) is 0 Å². The van der Waals surface area contributed by atoms with Gasteiger partial charge in [0, 0.05) is 6.42 Å². The van der Waals surface area contributed by atoms with Gasteiger partial charge >= 0.3 is 11.9 Å². The normalized spacial score (nSPS) is 21.5. The molecule has 0 spiro atoms. The molecule has 0 saturated carbocycles. The zero-order chi connectivity index (χ0) is 32.1. The van der Waals surface area contributed by atoms with Crippen LogP contribution in [0.25, 0.3) is 6.08 Å². The predicted molar refractivity (Wildman–Crippen MR) is 144 cm³/mol. The number of aliphatic hydroxyl groups is 2. The van der Waals surface area contributed by atoms with Crippen LogP contribution in [-0.4, -0.2) is 89.3 Å². The van der Waals surface area contributed by atoms with Crippen molar-refractivity contribution in [2.45, 2.75) is 37.1 Å². The highest BCUT2D eigenvalue weighted by atomic mass is 17.2. The number of aromatic hydroxyl groups is 6. The number of carbonyl (C=O) groups is 3. The first kappa shape index (κ1) is 31.6. The summed E-state index contributed by atoms with van der Waals surface area (Å²) in [7, 11) is 0. The maximum Gasteiger partial charge on any atom is 0.373 e. The van der Waals surface area contributed by atoms with Gasteiger partial charge in [-0.15, -0.1) is 0 Å². The molecule has 15 heteroatoms. The lowest BCUT2D eigenvalue weighted by molar-refractivity contribution is -0.372. The van der Waals surface area contributed by atoms with Crippen LogP contribution in [0.4, 0.5) is 0 Å². The second kappa shape index (κ2) is 13.3. The molecule has 1 fully saturated rings. The maximum atomic E-state index is 12.8. The molecule has 5 atom stereocenters. The average molecular weight is 615 g/mol. The van der Waals surface area contributed by atoms with Crippen LogP contribution in [0.3, 0.4) is 0 Å². The van der Waals surface area contributed by atoms with Crippen LogP contribution in [-0.2, 0) is 24.0 Å². The van der Waals surface area contributed by atoms with Gasteiger partial charge < -0.3 is 50.3 Å². The van der Waals surface area contributed by atoms with E-state index >= 15 is 0 Å². The largest absolute Gasteiger partial charge is 0.504 e. The molecule has 0 amide bonds. The van der Waals surface area contributed by atoms with E-state index < -0.39 is 100 Å². The van der Waals surface area contributed by atoms with Crippen LogP contribution in [0.2, 0.25) is 0 Å². The highest BCUT2D eigenvalue weighted by Crippen LogP contribution is 2.37. The summed E-state index contributed by atoms with van der Waals surface area (Å²) in [6.45, 7) is 0. The van der Waals surface area contributed by atoms with Gasteiger partial charge in [0.25, 0.3) is 0 Å². The number of esters is 1. The SMILES string of the molecule is O=C(C=Cc1ccccc1)CC1OC(OC(=O)c2cc(O)c(O)c(O)c2)C(OOC(=O)c2cc(O)c(O)c(O)c2)C(O)C1O. The number of ether oxygens (including phenoxy) is 2. The minimum absolute atomic E-state index is 0.508. The number of rotatable bonds is 9. The Morgan fingerprint density at radius 3 is 1.82 bits per heavy atom. The molecule has 1 heterocycles. The highest BCUT2D eigenvalue weighted by Gasteiger charge is 2.49. The average Bonchev–Trinajstić information content (AvgIpc) is 2.99. The van der Waals surface area contributed by atoms with Crippen molar-refractivity contribution in [1.82, 2.24) is 0 Å². The minimum atomic E-state index is -2.02. The first-order chi connectivity index (χ1) is 20.8. The quantitative estimate of drug-likeness (QED) is 0.0557. The van der Waals surface area contributed by atoms with Gasteiger partial charge in [-0.3, -0.25) is 9.68 Å². The van der Waals surface area contributed by atoms with E-state index in [2.05, 4.69) is 4.89 Å². The Morgan fingerprint density at radius 2 is 1.27 bits per heavy atom.